The Morgan fingerprint density at radius 3 is 2.54 bits per heavy atom. The molecular formula is C29H31N7O. The first-order valence-corrected chi connectivity index (χ1v) is 12.7. The van der Waals surface area contributed by atoms with Crippen molar-refractivity contribution in [1.29, 1.82) is 0 Å². The third kappa shape index (κ3) is 4.56. The van der Waals surface area contributed by atoms with Crippen molar-refractivity contribution in [3.8, 4) is 28.1 Å². The van der Waals surface area contributed by atoms with Crippen LogP contribution < -0.4 is 15.4 Å². The van der Waals surface area contributed by atoms with Crippen LogP contribution in [0.2, 0.25) is 0 Å². The van der Waals surface area contributed by atoms with Crippen molar-refractivity contribution >= 4 is 22.3 Å². The van der Waals surface area contributed by atoms with Crippen LogP contribution in [0.15, 0.2) is 67.3 Å². The zero-order valence-corrected chi connectivity index (χ0v) is 21.4. The molecule has 1 aliphatic rings. The number of aromatic nitrogens is 5. The Labute approximate surface area is 216 Å². The SMILES string of the molecule is COc1cc(-c2cnc(C)n2C)ccc1Nc1cc2cc(-c3cnn(C4CCNCC4)c3)ccc2cn1. The van der Waals surface area contributed by atoms with Crippen molar-refractivity contribution in [1.82, 2.24) is 29.6 Å². The van der Waals surface area contributed by atoms with E-state index in [9.17, 15) is 0 Å². The molecule has 2 aromatic carbocycles. The molecule has 2 N–H and O–H groups in total. The summed E-state index contributed by atoms with van der Waals surface area (Å²) in [5.74, 6) is 2.48. The van der Waals surface area contributed by atoms with Crippen LogP contribution in [0.4, 0.5) is 11.5 Å². The normalized spacial score (nSPS) is 14.2. The van der Waals surface area contributed by atoms with E-state index in [1.54, 1.807) is 7.11 Å². The van der Waals surface area contributed by atoms with Gasteiger partial charge in [-0.25, -0.2) is 9.97 Å². The summed E-state index contributed by atoms with van der Waals surface area (Å²) in [6.45, 7) is 4.10. The van der Waals surface area contributed by atoms with E-state index >= 15 is 0 Å². The van der Waals surface area contributed by atoms with Crippen molar-refractivity contribution < 1.29 is 4.74 Å². The van der Waals surface area contributed by atoms with Gasteiger partial charge in [0.25, 0.3) is 0 Å². The monoisotopic (exact) mass is 493 g/mol. The van der Waals surface area contributed by atoms with Gasteiger partial charge in [-0.1, -0.05) is 18.2 Å². The Bertz CT molecular complexity index is 1560. The fraction of sp³-hybridized carbons (Fsp3) is 0.276. The lowest BCUT2D eigenvalue weighted by Crippen LogP contribution is -2.29. The smallest absolute Gasteiger partial charge is 0.143 e. The van der Waals surface area contributed by atoms with Gasteiger partial charge in [-0.2, -0.15) is 5.10 Å². The van der Waals surface area contributed by atoms with Crippen molar-refractivity contribution in [2.45, 2.75) is 25.8 Å². The number of imidazole rings is 1. The number of nitrogens with zero attached hydrogens (tertiary/aromatic N) is 5. The second-order valence-corrected chi connectivity index (χ2v) is 9.61. The van der Waals surface area contributed by atoms with E-state index in [0.29, 0.717) is 6.04 Å². The fourth-order valence-electron chi connectivity index (χ4n) is 5.01. The van der Waals surface area contributed by atoms with Crippen molar-refractivity contribution in [2.24, 2.45) is 7.05 Å². The molecule has 1 aliphatic heterocycles. The molecule has 5 aromatic rings. The van der Waals surface area contributed by atoms with Crippen LogP contribution >= 0.6 is 0 Å². The summed E-state index contributed by atoms with van der Waals surface area (Å²) in [6.07, 6.45) is 10.2. The number of aryl methyl sites for hydroxylation is 1. The number of fused-ring (bicyclic) bond motifs is 1. The van der Waals surface area contributed by atoms with Crippen molar-refractivity contribution in [3.63, 3.8) is 0 Å². The molecule has 0 unspecified atom stereocenters. The number of methoxy groups -OCH3 is 1. The van der Waals surface area contributed by atoms with Gasteiger partial charge in [-0.15, -0.1) is 0 Å². The minimum Gasteiger partial charge on any atom is -0.495 e. The van der Waals surface area contributed by atoms with E-state index in [1.807, 2.05) is 44.7 Å². The van der Waals surface area contributed by atoms with Crippen LogP contribution in [-0.4, -0.2) is 44.5 Å². The fourth-order valence-corrected chi connectivity index (χ4v) is 5.01. The first kappa shape index (κ1) is 23.2. The number of rotatable bonds is 6. The zero-order chi connectivity index (χ0) is 25.4. The van der Waals surface area contributed by atoms with Gasteiger partial charge < -0.3 is 19.9 Å². The number of hydrogen-bond acceptors (Lipinski definition) is 6. The summed E-state index contributed by atoms with van der Waals surface area (Å²) in [5, 5.41) is 13.7. The van der Waals surface area contributed by atoms with Crippen LogP contribution in [0.5, 0.6) is 5.75 Å². The highest BCUT2D eigenvalue weighted by Gasteiger charge is 2.16. The predicted molar refractivity (Wildman–Crippen MR) is 147 cm³/mol. The number of benzene rings is 2. The van der Waals surface area contributed by atoms with E-state index in [2.05, 4.69) is 71.5 Å². The zero-order valence-electron chi connectivity index (χ0n) is 21.4. The lowest BCUT2D eigenvalue weighted by atomic mass is 10.0. The van der Waals surface area contributed by atoms with Gasteiger partial charge in [0.05, 0.1) is 36.9 Å². The maximum absolute atomic E-state index is 5.71. The van der Waals surface area contributed by atoms with E-state index < -0.39 is 0 Å². The molecule has 1 saturated heterocycles. The molecule has 0 aliphatic carbocycles. The van der Waals surface area contributed by atoms with Crippen LogP contribution in [-0.2, 0) is 7.05 Å². The van der Waals surface area contributed by atoms with Gasteiger partial charge in [-0.05, 0) is 68.1 Å². The molecule has 3 aromatic heterocycles. The Hall–Kier alpha value is -4.17. The number of ether oxygens (including phenoxy) is 1. The molecule has 1 fully saturated rings. The third-order valence-electron chi connectivity index (χ3n) is 7.32. The molecule has 6 rings (SSSR count). The largest absolute Gasteiger partial charge is 0.495 e. The van der Waals surface area contributed by atoms with Gasteiger partial charge in [-0.3, -0.25) is 4.68 Å². The Morgan fingerprint density at radius 2 is 1.76 bits per heavy atom. The lowest BCUT2D eigenvalue weighted by Gasteiger charge is -2.22. The minimum absolute atomic E-state index is 0.471. The molecule has 0 atom stereocenters. The molecule has 4 heterocycles. The highest BCUT2D eigenvalue weighted by atomic mass is 16.5. The van der Waals surface area contributed by atoms with Crippen LogP contribution in [0, 0.1) is 6.92 Å². The Morgan fingerprint density at radius 1 is 0.919 bits per heavy atom. The van der Waals surface area contributed by atoms with Gasteiger partial charge in [0.1, 0.15) is 17.4 Å². The summed E-state index contributed by atoms with van der Waals surface area (Å²) in [4.78, 5) is 9.05. The number of piperidine rings is 1. The topological polar surface area (TPSA) is 81.8 Å². The highest BCUT2D eigenvalue weighted by molar-refractivity contribution is 5.89. The van der Waals surface area contributed by atoms with E-state index in [-0.39, 0.29) is 0 Å². The second-order valence-electron chi connectivity index (χ2n) is 9.61. The Balaban J connectivity index is 1.26. The maximum atomic E-state index is 5.71. The van der Waals surface area contributed by atoms with Gasteiger partial charge in [0.2, 0.25) is 0 Å². The van der Waals surface area contributed by atoms with E-state index in [1.165, 1.54) is 0 Å². The maximum Gasteiger partial charge on any atom is 0.143 e. The summed E-state index contributed by atoms with van der Waals surface area (Å²) >= 11 is 0. The van der Waals surface area contributed by atoms with Crippen LogP contribution in [0.25, 0.3) is 33.2 Å². The third-order valence-corrected chi connectivity index (χ3v) is 7.32. The molecule has 0 spiro atoms. The number of anilines is 2. The lowest BCUT2D eigenvalue weighted by molar-refractivity contribution is 0.343. The first-order chi connectivity index (χ1) is 18.1. The van der Waals surface area contributed by atoms with Gasteiger partial charge in [0, 0.05) is 36.0 Å². The minimum atomic E-state index is 0.471. The summed E-state index contributed by atoms with van der Waals surface area (Å²) in [7, 11) is 3.70. The Kier molecular flexibility index (Phi) is 6.10. The predicted octanol–water partition coefficient (Wildman–Crippen LogP) is 5.48. The molecule has 8 nitrogen and oxygen atoms in total. The highest BCUT2D eigenvalue weighted by Crippen LogP contribution is 2.33. The van der Waals surface area contributed by atoms with E-state index in [0.717, 1.165) is 82.2 Å². The summed E-state index contributed by atoms with van der Waals surface area (Å²) in [6, 6.07) is 15.1. The van der Waals surface area contributed by atoms with Crippen molar-refractivity contribution in [3.05, 3.63) is 73.1 Å². The molecule has 188 valence electrons. The number of nitrogens with one attached hydrogen (secondary N) is 2. The summed E-state index contributed by atoms with van der Waals surface area (Å²) < 4.78 is 9.91. The number of hydrogen-bond donors (Lipinski definition) is 2. The van der Waals surface area contributed by atoms with Gasteiger partial charge in [0.15, 0.2) is 0 Å². The van der Waals surface area contributed by atoms with E-state index in [4.69, 9.17) is 4.74 Å². The average Bonchev–Trinajstić information content (AvgIpc) is 3.56. The quantitative estimate of drug-likeness (QED) is 0.326. The number of pyridine rings is 1. The van der Waals surface area contributed by atoms with Crippen LogP contribution in [0.3, 0.4) is 0 Å². The van der Waals surface area contributed by atoms with Crippen molar-refractivity contribution in [2.75, 3.05) is 25.5 Å². The molecule has 8 heteroatoms. The molecule has 37 heavy (non-hydrogen) atoms. The molecular weight excluding hydrogens is 462 g/mol. The molecule has 0 saturated carbocycles. The average molecular weight is 494 g/mol. The molecule has 0 bridgehead atoms. The second kappa shape index (κ2) is 9.71. The molecule has 0 amide bonds. The molecule has 0 radical (unpaired) electrons. The first-order valence-electron chi connectivity index (χ1n) is 12.7. The standard InChI is InChI=1S/C29H31N7O/c1-19-31-17-27(35(19)2)21-6-7-26(28(13-21)37-3)34-29-14-23-12-20(4-5-22(23)15-32-29)24-16-33-36(18-24)25-8-10-30-11-9-25/h4-7,12-18,25,30H,8-11H2,1-3H3,(H,32,34). The summed E-state index contributed by atoms with van der Waals surface area (Å²) in [5.41, 5.74) is 5.23. The van der Waals surface area contributed by atoms with Crippen LogP contribution in [0.1, 0.15) is 24.7 Å². The van der Waals surface area contributed by atoms with Gasteiger partial charge >= 0.3 is 0 Å².